The Labute approximate surface area is 340 Å². The quantitative estimate of drug-likeness (QED) is 0.155. The van der Waals surface area contributed by atoms with Crippen molar-refractivity contribution in [2.75, 3.05) is 9.80 Å². The maximum absolute atomic E-state index is 9.82. The van der Waals surface area contributed by atoms with E-state index in [0.29, 0.717) is 11.4 Å². The maximum Gasteiger partial charge on any atom is 0.136 e. The van der Waals surface area contributed by atoms with Gasteiger partial charge in [-0.05, 0) is 76.6 Å². The molecule has 1 radical (unpaired) electrons. The molecule has 7 heteroatoms. The van der Waals surface area contributed by atoms with Gasteiger partial charge in [-0.25, -0.2) is 0 Å². The van der Waals surface area contributed by atoms with Crippen LogP contribution in [0.1, 0.15) is 0 Å². The van der Waals surface area contributed by atoms with Gasteiger partial charge in [-0.1, -0.05) is 144 Å². The molecule has 1 aliphatic rings. The van der Waals surface area contributed by atoms with Gasteiger partial charge in [0, 0.05) is 43.9 Å². The van der Waals surface area contributed by atoms with Gasteiger partial charge in [-0.3, -0.25) is 9.97 Å². The number of rotatable bonds is 7. The summed E-state index contributed by atoms with van der Waals surface area (Å²) in [5, 5.41) is 19.6. The molecule has 1 aliphatic heterocycles. The van der Waals surface area contributed by atoms with Gasteiger partial charge in [0.2, 0.25) is 0 Å². The Kier molecular flexibility index (Phi) is 11.8. The Morgan fingerprint density at radius 3 is 1.20 bits per heavy atom. The van der Waals surface area contributed by atoms with Crippen molar-refractivity contribution in [1.29, 1.82) is 0 Å². The molecular formula is C49H36IrN4O2-2. The number of benzene rings is 6. The largest absolute Gasteiger partial charge is 0.506 e. The standard InChI is InChI=1S/C34H23N2.C15H13N2O2.Ir/c1-2-8-25(9-3-1)26-12-14-27(15-13-26)28-16-18-29(19-17-28)30-22-31(33-10-4-6-20-35-33)24-32(23-30)34-11-5-7-21-36-34;18-14-7-3-1-5-12(14)16-9-10-17(11-16)13-6-2-4-8-15(13)19;/h1-23H;1-11,18-19H;/q2*-1;. The number of nitrogens with zero attached hydrogens (tertiary/aromatic N) is 4. The molecule has 275 valence electrons. The van der Waals surface area contributed by atoms with Gasteiger partial charge in [-0.2, -0.15) is 0 Å². The number of para-hydroxylation sites is 4. The van der Waals surface area contributed by atoms with E-state index in [0.717, 1.165) is 33.6 Å². The zero-order chi connectivity index (χ0) is 37.4. The van der Waals surface area contributed by atoms with Crippen LogP contribution in [0.15, 0.2) is 201 Å². The normalized spacial score (nSPS) is 11.7. The Balaban J connectivity index is 0.000000203. The third-order valence-corrected chi connectivity index (χ3v) is 9.25. The predicted molar refractivity (Wildman–Crippen MR) is 223 cm³/mol. The number of phenols is 2. The van der Waals surface area contributed by atoms with Gasteiger partial charge in [0.1, 0.15) is 11.5 Å². The van der Waals surface area contributed by atoms with Gasteiger partial charge < -0.3 is 20.0 Å². The first-order valence-electron chi connectivity index (χ1n) is 17.9. The van der Waals surface area contributed by atoms with Gasteiger partial charge in [0.15, 0.2) is 0 Å². The fourth-order valence-electron chi connectivity index (χ4n) is 6.40. The molecule has 0 fully saturated rings. The molecule has 2 aromatic heterocycles. The molecule has 6 nitrogen and oxygen atoms in total. The van der Waals surface area contributed by atoms with E-state index < -0.39 is 0 Å². The van der Waals surface area contributed by atoms with Crippen LogP contribution < -0.4 is 9.80 Å². The molecule has 0 unspecified atom stereocenters. The second-order valence-electron chi connectivity index (χ2n) is 12.9. The number of hydrogen-bond acceptors (Lipinski definition) is 6. The predicted octanol–water partition coefficient (Wildman–Crippen LogP) is 11.6. The van der Waals surface area contributed by atoms with Crippen LogP contribution in [0.2, 0.25) is 0 Å². The molecule has 56 heavy (non-hydrogen) atoms. The summed E-state index contributed by atoms with van der Waals surface area (Å²) in [5.41, 5.74) is 12.2. The van der Waals surface area contributed by atoms with E-state index >= 15 is 0 Å². The molecule has 0 spiro atoms. The summed E-state index contributed by atoms with van der Waals surface area (Å²) < 4.78 is 0. The molecule has 6 aromatic carbocycles. The fraction of sp³-hybridized carbons (Fsp3) is 0. The van der Waals surface area contributed by atoms with Crippen LogP contribution in [-0.4, -0.2) is 20.2 Å². The third-order valence-electron chi connectivity index (χ3n) is 9.25. The van der Waals surface area contributed by atoms with Crippen LogP contribution in [0, 0.1) is 12.7 Å². The molecule has 0 aliphatic carbocycles. The van der Waals surface area contributed by atoms with Crippen molar-refractivity contribution in [2.45, 2.75) is 0 Å². The number of hydrogen-bond donors (Lipinski definition) is 2. The van der Waals surface area contributed by atoms with Crippen molar-refractivity contribution in [3.63, 3.8) is 0 Å². The number of aromatic hydroxyl groups is 2. The van der Waals surface area contributed by atoms with E-state index in [1.807, 2.05) is 91.5 Å². The van der Waals surface area contributed by atoms with E-state index in [2.05, 4.69) is 101 Å². The van der Waals surface area contributed by atoms with Crippen molar-refractivity contribution >= 4 is 11.4 Å². The molecule has 0 amide bonds. The zero-order valence-corrected chi connectivity index (χ0v) is 32.5. The summed E-state index contributed by atoms with van der Waals surface area (Å²) in [6.07, 6.45) is 7.27. The van der Waals surface area contributed by atoms with Crippen molar-refractivity contribution in [2.24, 2.45) is 0 Å². The van der Waals surface area contributed by atoms with Crippen LogP contribution >= 0.6 is 0 Å². The fourth-order valence-corrected chi connectivity index (χ4v) is 6.40. The van der Waals surface area contributed by atoms with Crippen molar-refractivity contribution in [3.05, 3.63) is 213 Å². The van der Waals surface area contributed by atoms with Crippen LogP contribution in [0.25, 0.3) is 55.9 Å². The smallest absolute Gasteiger partial charge is 0.136 e. The average molecular weight is 905 g/mol. The summed E-state index contributed by atoms with van der Waals surface area (Å²) >= 11 is 0. The first-order valence-corrected chi connectivity index (χ1v) is 17.9. The Morgan fingerprint density at radius 1 is 0.411 bits per heavy atom. The summed E-state index contributed by atoms with van der Waals surface area (Å²) in [6, 6.07) is 61.8. The Hall–Kier alpha value is -6.79. The van der Waals surface area contributed by atoms with Gasteiger partial charge in [0.05, 0.1) is 11.4 Å². The molecule has 0 saturated heterocycles. The SMILES string of the molecule is Oc1ccccc1N1C=CN(c2ccccc2O)[CH-]1.[Ir].[c-]1c(-c2ccccn2)cc(-c2ccc(-c3ccc(-c4ccccc4)cc3)cc2)cc1-c1ccccn1. The summed E-state index contributed by atoms with van der Waals surface area (Å²) in [6.45, 7) is 1.80. The number of phenolic OH excluding ortho intramolecular Hbond substituents is 2. The van der Waals surface area contributed by atoms with Crippen molar-refractivity contribution in [1.82, 2.24) is 9.97 Å². The van der Waals surface area contributed by atoms with Crippen LogP contribution in [-0.2, 0) is 20.1 Å². The molecule has 0 saturated carbocycles. The molecule has 0 atom stereocenters. The molecule has 2 N–H and O–H groups in total. The van der Waals surface area contributed by atoms with E-state index in [4.69, 9.17) is 0 Å². The molecule has 3 heterocycles. The first kappa shape index (κ1) is 37.5. The molecule has 8 aromatic rings. The number of aromatic nitrogens is 2. The van der Waals surface area contributed by atoms with Crippen LogP contribution in [0.3, 0.4) is 0 Å². The molecule has 9 rings (SSSR count). The second-order valence-corrected chi connectivity index (χ2v) is 12.9. The van der Waals surface area contributed by atoms with Gasteiger partial charge in [0.25, 0.3) is 0 Å². The average Bonchev–Trinajstić information content (AvgIpc) is 3.75. The minimum atomic E-state index is 0. The van der Waals surface area contributed by atoms with E-state index in [1.165, 1.54) is 22.3 Å². The minimum absolute atomic E-state index is 0. The topological polar surface area (TPSA) is 72.7 Å². The first-order chi connectivity index (χ1) is 27.1. The van der Waals surface area contributed by atoms with E-state index in [-0.39, 0.29) is 31.6 Å². The molecular weight excluding hydrogens is 869 g/mol. The Morgan fingerprint density at radius 2 is 0.786 bits per heavy atom. The number of anilines is 2. The summed E-state index contributed by atoms with van der Waals surface area (Å²) in [5.74, 6) is 0.421. The maximum atomic E-state index is 9.82. The van der Waals surface area contributed by atoms with Crippen LogP contribution in [0.4, 0.5) is 11.4 Å². The van der Waals surface area contributed by atoms with Gasteiger partial charge in [-0.15, -0.1) is 24.9 Å². The minimum Gasteiger partial charge on any atom is -0.506 e. The molecule has 0 bridgehead atoms. The van der Waals surface area contributed by atoms with Crippen molar-refractivity contribution in [3.8, 4) is 67.4 Å². The van der Waals surface area contributed by atoms with Crippen molar-refractivity contribution < 1.29 is 30.3 Å². The van der Waals surface area contributed by atoms with E-state index in [9.17, 15) is 10.2 Å². The zero-order valence-electron chi connectivity index (χ0n) is 30.1. The summed E-state index contributed by atoms with van der Waals surface area (Å²) in [7, 11) is 0. The Bertz CT molecular complexity index is 2420. The number of pyridine rings is 2. The van der Waals surface area contributed by atoms with Crippen LogP contribution in [0.5, 0.6) is 11.5 Å². The van der Waals surface area contributed by atoms with E-state index in [1.54, 1.807) is 40.7 Å². The third kappa shape index (κ3) is 8.61. The monoisotopic (exact) mass is 905 g/mol. The summed E-state index contributed by atoms with van der Waals surface area (Å²) in [4.78, 5) is 12.7. The van der Waals surface area contributed by atoms with Gasteiger partial charge >= 0.3 is 0 Å². The second kappa shape index (κ2) is 17.6.